The Balaban J connectivity index is 3.83. The van der Waals surface area contributed by atoms with Crippen LogP contribution in [0.3, 0.4) is 0 Å². The molecule has 0 spiro atoms. The molecule has 0 aliphatic heterocycles. The Morgan fingerprint density at radius 3 is 1.86 bits per heavy atom. The van der Waals surface area contributed by atoms with E-state index in [1.807, 2.05) is 0 Å². The van der Waals surface area contributed by atoms with Crippen LogP contribution >= 0.6 is 0 Å². The van der Waals surface area contributed by atoms with Crippen LogP contribution in [0.4, 0.5) is 0 Å². The lowest BCUT2D eigenvalue weighted by Crippen LogP contribution is -2.38. The number of rotatable bonds is 9. The van der Waals surface area contributed by atoms with Crippen molar-refractivity contribution in [1.82, 2.24) is 5.32 Å². The maximum absolute atomic E-state index is 8.90. The molecule has 14 heavy (non-hydrogen) atoms. The maximum Gasteiger partial charge on any atom is 0.0445 e. The van der Waals surface area contributed by atoms with Crippen LogP contribution in [0.2, 0.25) is 0 Å². The molecule has 1 unspecified atom stereocenters. The van der Waals surface area contributed by atoms with Gasteiger partial charge in [-0.05, 0) is 25.7 Å². The summed E-state index contributed by atoms with van der Waals surface area (Å²) in [7, 11) is 0. The Hall–Kier alpha value is -0.0800. The number of aliphatic hydroxyl groups excluding tert-OH is 1. The van der Waals surface area contributed by atoms with Gasteiger partial charge in [0.2, 0.25) is 0 Å². The van der Waals surface area contributed by atoms with Crippen LogP contribution in [0.5, 0.6) is 0 Å². The number of aliphatic hydroxyl groups is 1. The molecule has 0 aromatic rings. The van der Waals surface area contributed by atoms with Gasteiger partial charge in [-0.25, -0.2) is 0 Å². The number of nitrogens with one attached hydrogen (secondary N) is 1. The highest BCUT2D eigenvalue weighted by molar-refractivity contribution is 4.72. The van der Waals surface area contributed by atoms with Gasteiger partial charge in [-0.1, -0.05) is 33.6 Å². The fourth-order valence-electron chi connectivity index (χ4n) is 1.90. The Morgan fingerprint density at radius 2 is 1.50 bits per heavy atom. The van der Waals surface area contributed by atoms with Gasteiger partial charge >= 0.3 is 0 Å². The molecule has 0 aromatic heterocycles. The fraction of sp³-hybridized carbons (Fsp3) is 1.00. The smallest absolute Gasteiger partial charge is 0.0445 e. The normalized spacial score (nSPS) is 13.5. The second-order valence-electron chi connectivity index (χ2n) is 4.06. The van der Waals surface area contributed by atoms with Crippen LogP contribution in [-0.2, 0) is 0 Å². The summed E-state index contributed by atoms with van der Waals surface area (Å²) in [6.07, 6.45) is 7.01. The molecule has 0 aliphatic rings. The van der Waals surface area contributed by atoms with Gasteiger partial charge in [0.1, 0.15) is 0 Å². The van der Waals surface area contributed by atoms with Gasteiger partial charge in [0, 0.05) is 18.7 Å². The molecule has 86 valence electrons. The molecule has 2 N–H and O–H groups in total. The van der Waals surface area contributed by atoms with E-state index >= 15 is 0 Å². The zero-order chi connectivity index (χ0) is 10.8. The number of hydrogen-bond donors (Lipinski definition) is 2. The highest BCUT2D eigenvalue weighted by atomic mass is 16.3. The van der Waals surface area contributed by atoms with Crippen molar-refractivity contribution in [3.63, 3.8) is 0 Å². The van der Waals surface area contributed by atoms with Crippen molar-refractivity contribution < 1.29 is 5.11 Å². The topological polar surface area (TPSA) is 32.3 Å². The van der Waals surface area contributed by atoms with E-state index in [2.05, 4.69) is 26.1 Å². The first-order valence-electron chi connectivity index (χ1n) is 6.15. The Labute approximate surface area is 89.1 Å². The maximum atomic E-state index is 8.90. The van der Waals surface area contributed by atoms with E-state index in [4.69, 9.17) is 5.11 Å². The second-order valence-corrected chi connectivity index (χ2v) is 4.06. The standard InChI is InChI=1S/C12H27NO/c1-4-7-12(8-5-2)13-11(6-3)9-10-14/h11-14H,4-10H2,1-3H3. The zero-order valence-electron chi connectivity index (χ0n) is 10.1. The SMILES string of the molecule is CCCC(CCC)NC(CC)CCO. The second kappa shape index (κ2) is 9.47. The first-order valence-corrected chi connectivity index (χ1v) is 6.15. The summed E-state index contributed by atoms with van der Waals surface area (Å²) in [5.74, 6) is 0. The molecule has 0 amide bonds. The summed E-state index contributed by atoms with van der Waals surface area (Å²) in [6.45, 7) is 6.95. The van der Waals surface area contributed by atoms with Gasteiger partial charge in [0.25, 0.3) is 0 Å². The van der Waals surface area contributed by atoms with Gasteiger partial charge in [-0.2, -0.15) is 0 Å². The van der Waals surface area contributed by atoms with Crippen molar-refractivity contribution in [3.8, 4) is 0 Å². The number of hydrogen-bond acceptors (Lipinski definition) is 2. The van der Waals surface area contributed by atoms with Crippen molar-refractivity contribution in [2.45, 2.75) is 71.4 Å². The van der Waals surface area contributed by atoms with Gasteiger partial charge < -0.3 is 10.4 Å². The minimum absolute atomic E-state index is 0.302. The predicted molar refractivity (Wildman–Crippen MR) is 62.5 cm³/mol. The molecular weight excluding hydrogens is 174 g/mol. The largest absolute Gasteiger partial charge is 0.396 e. The third-order valence-electron chi connectivity index (χ3n) is 2.72. The average molecular weight is 201 g/mol. The Kier molecular flexibility index (Phi) is 9.42. The third-order valence-corrected chi connectivity index (χ3v) is 2.72. The first kappa shape index (κ1) is 13.9. The molecule has 0 aliphatic carbocycles. The summed E-state index contributed by atoms with van der Waals surface area (Å²) >= 11 is 0. The minimum atomic E-state index is 0.302. The first-order chi connectivity index (χ1) is 6.78. The van der Waals surface area contributed by atoms with E-state index in [0.717, 1.165) is 12.8 Å². The van der Waals surface area contributed by atoms with Crippen LogP contribution in [0.1, 0.15) is 59.3 Å². The van der Waals surface area contributed by atoms with Crippen LogP contribution in [-0.4, -0.2) is 23.8 Å². The van der Waals surface area contributed by atoms with E-state index < -0.39 is 0 Å². The molecule has 0 fully saturated rings. The summed E-state index contributed by atoms with van der Waals surface area (Å²) in [5.41, 5.74) is 0. The van der Waals surface area contributed by atoms with Crippen molar-refractivity contribution in [1.29, 1.82) is 0 Å². The van der Waals surface area contributed by atoms with Gasteiger partial charge in [-0.3, -0.25) is 0 Å². The molecule has 1 atom stereocenters. The van der Waals surface area contributed by atoms with E-state index in [1.54, 1.807) is 0 Å². The zero-order valence-corrected chi connectivity index (χ0v) is 10.1. The van der Waals surface area contributed by atoms with E-state index in [1.165, 1.54) is 25.7 Å². The molecule has 0 rings (SSSR count). The summed E-state index contributed by atoms with van der Waals surface area (Å²) < 4.78 is 0. The molecule has 0 bridgehead atoms. The van der Waals surface area contributed by atoms with Crippen molar-refractivity contribution >= 4 is 0 Å². The van der Waals surface area contributed by atoms with Gasteiger partial charge in [-0.15, -0.1) is 0 Å². The molecule has 2 heteroatoms. The van der Waals surface area contributed by atoms with E-state index in [9.17, 15) is 0 Å². The Bertz CT molecular complexity index is 111. The third kappa shape index (κ3) is 6.39. The minimum Gasteiger partial charge on any atom is -0.396 e. The monoisotopic (exact) mass is 201 g/mol. The molecule has 0 saturated carbocycles. The quantitative estimate of drug-likeness (QED) is 0.601. The Morgan fingerprint density at radius 1 is 0.929 bits per heavy atom. The lowest BCUT2D eigenvalue weighted by Gasteiger charge is -2.24. The molecule has 2 nitrogen and oxygen atoms in total. The average Bonchev–Trinajstić information content (AvgIpc) is 2.18. The van der Waals surface area contributed by atoms with Crippen molar-refractivity contribution in [2.24, 2.45) is 0 Å². The lowest BCUT2D eigenvalue weighted by atomic mass is 10.0. The predicted octanol–water partition coefficient (Wildman–Crippen LogP) is 2.71. The van der Waals surface area contributed by atoms with Gasteiger partial charge in [0.05, 0.1) is 0 Å². The van der Waals surface area contributed by atoms with E-state index in [-0.39, 0.29) is 0 Å². The van der Waals surface area contributed by atoms with Gasteiger partial charge in [0.15, 0.2) is 0 Å². The summed E-state index contributed by atoms with van der Waals surface area (Å²) in [6, 6.07) is 1.16. The molecule has 0 heterocycles. The summed E-state index contributed by atoms with van der Waals surface area (Å²) in [5, 5.41) is 12.5. The molecule has 0 saturated heterocycles. The lowest BCUT2D eigenvalue weighted by molar-refractivity contribution is 0.251. The van der Waals surface area contributed by atoms with Crippen molar-refractivity contribution in [2.75, 3.05) is 6.61 Å². The molecular formula is C12H27NO. The van der Waals surface area contributed by atoms with E-state index in [0.29, 0.717) is 18.7 Å². The van der Waals surface area contributed by atoms with Crippen molar-refractivity contribution in [3.05, 3.63) is 0 Å². The fourth-order valence-corrected chi connectivity index (χ4v) is 1.90. The van der Waals surface area contributed by atoms with Crippen LogP contribution in [0.25, 0.3) is 0 Å². The highest BCUT2D eigenvalue weighted by Crippen LogP contribution is 2.08. The van der Waals surface area contributed by atoms with Crippen LogP contribution < -0.4 is 5.32 Å². The molecule has 0 radical (unpaired) electrons. The summed E-state index contributed by atoms with van der Waals surface area (Å²) in [4.78, 5) is 0. The molecule has 0 aromatic carbocycles. The van der Waals surface area contributed by atoms with Crippen LogP contribution in [0, 0.1) is 0 Å². The highest BCUT2D eigenvalue weighted by Gasteiger charge is 2.11. The van der Waals surface area contributed by atoms with Crippen LogP contribution in [0.15, 0.2) is 0 Å².